The number of nitrogens with zero attached hydrogens (tertiary/aromatic N) is 1. The quantitative estimate of drug-likeness (QED) is 0.769. The van der Waals surface area contributed by atoms with E-state index in [0.29, 0.717) is 23.2 Å². The van der Waals surface area contributed by atoms with Gasteiger partial charge in [0.25, 0.3) is 0 Å². The summed E-state index contributed by atoms with van der Waals surface area (Å²) in [6.45, 7) is 3.49. The molecule has 0 radical (unpaired) electrons. The van der Waals surface area contributed by atoms with Gasteiger partial charge in [0, 0.05) is 13.1 Å². The summed E-state index contributed by atoms with van der Waals surface area (Å²) in [5, 5.41) is 3.14. The molecular formula is C14H20BrFN2O2. The van der Waals surface area contributed by atoms with Crippen molar-refractivity contribution in [3.8, 4) is 0 Å². The van der Waals surface area contributed by atoms with Crippen LogP contribution in [0.5, 0.6) is 0 Å². The number of hydrogen-bond acceptors (Lipinski definition) is 4. The Labute approximate surface area is 127 Å². The predicted octanol–water partition coefficient (Wildman–Crippen LogP) is 2.34. The fraction of sp³-hybridized carbons (Fsp3) is 0.500. The zero-order valence-corrected chi connectivity index (χ0v) is 13.5. The summed E-state index contributed by atoms with van der Waals surface area (Å²) in [5.41, 5.74) is 0.676. The van der Waals surface area contributed by atoms with Crippen molar-refractivity contribution in [1.82, 2.24) is 10.2 Å². The Bertz CT molecular complexity index is 455. The lowest BCUT2D eigenvalue weighted by molar-refractivity contribution is -0.145. The third-order valence-electron chi connectivity index (χ3n) is 2.71. The first-order valence-electron chi connectivity index (χ1n) is 6.45. The van der Waals surface area contributed by atoms with Gasteiger partial charge in [-0.3, -0.25) is 5.32 Å². The average Bonchev–Trinajstić information content (AvgIpc) is 2.38. The van der Waals surface area contributed by atoms with E-state index in [4.69, 9.17) is 4.74 Å². The Morgan fingerprint density at radius 1 is 1.50 bits per heavy atom. The lowest BCUT2D eigenvalue weighted by Crippen LogP contribution is -2.35. The fourth-order valence-electron chi connectivity index (χ4n) is 1.69. The average molecular weight is 347 g/mol. The Hall–Kier alpha value is -0.980. The maximum Gasteiger partial charge on any atom is 0.327 e. The summed E-state index contributed by atoms with van der Waals surface area (Å²) < 4.78 is 18.7. The SMILES string of the molecule is CCOC(=O)C(NCCN(C)C)c1ccc(F)c(Br)c1. The number of halogens is 2. The van der Waals surface area contributed by atoms with E-state index in [-0.39, 0.29) is 11.8 Å². The molecule has 0 heterocycles. The van der Waals surface area contributed by atoms with Gasteiger partial charge in [0.05, 0.1) is 11.1 Å². The largest absolute Gasteiger partial charge is 0.465 e. The van der Waals surface area contributed by atoms with Crippen LogP contribution in [0.25, 0.3) is 0 Å². The molecule has 1 aromatic carbocycles. The lowest BCUT2D eigenvalue weighted by atomic mass is 10.1. The van der Waals surface area contributed by atoms with Crippen LogP contribution in [-0.4, -0.2) is 44.7 Å². The van der Waals surface area contributed by atoms with E-state index in [9.17, 15) is 9.18 Å². The number of carbonyl (C=O) groups is 1. The van der Waals surface area contributed by atoms with Crippen LogP contribution >= 0.6 is 15.9 Å². The van der Waals surface area contributed by atoms with E-state index < -0.39 is 6.04 Å². The fourth-order valence-corrected chi connectivity index (χ4v) is 2.08. The number of benzene rings is 1. The molecule has 0 aliphatic heterocycles. The molecular weight excluding hydrogens is 327 g/mol. The van der Waals surface area contributed by atoms with E-state index in [0.717, 1.165) is 6.54 Å². The van der Waals surface area contributed by atoms with Crippen molar-refractivity contribution in [1.29, 1.82) is 0 Å². The lowest BCUT2D eigenvalue weighted by Gasteiger charge is -2.19. The highest BCUT2D eigenvalue weighted by Gasteiger charge is 2.22. The topological polar surface area (TPSA) is 41.6 Å². The molecule has 0 saturated carbocycles. The number of carbonyl (C=O) groups excluding carboxylic acids is 1. The van der Waals surface area contributed by atoms with Crippen LogP contribution in [0.2, 0.25) is 0 Å². The molecule has 6 heteroatoms. The number of nitrogens with one attached hydrogen (secondary N) is 1. The van der Waals surface area contributed by atoms with Crippen molar-refractivity contribution in [2.24, 2.45) is 0 Å². The summed E-state index contributed by atoms with van der Waals surface area (Å²) in [5.74, 6) is -0.714. The van der Waals surface area contributed by atoms with Crippen LogP contribution in [0, 0.1) is 5.82 Å². The molecule has 0 amide bonds. The number of likely N-dealkylation sites (N-methyl/N-ethyl adjacent to an activating group) is 1. The van der Waals surface area contributed by atoms with Crippen molar-refractivity contribution in [3.63, 3.8) is 0 Å². The van der Waals surface area contributed by atoms with Crippen molar-refractivity contribution in [2.75, 3.05) is 33.8 Å². The number of esters is 1. The van der Waals surface area contributed by atoms with Gasteiger partial charge in [-0.1, -0.05) is 6.07 Å². The Morgan fingerprint density at radius 2 is 2.20 bits per heavy atom. The maximum absolute atomic E-state index is 13.3. The van der Waals surface area contributed by atoms with Crippen LogP contribution in [-0.2, 0) is 9.53 Å². The highest BCUT2D eigenvalue weighted by molar-refractivity contribution is 9.10. The maximum atomic E-state index is 13.3. The van der Waals surface area contributed by atoms with Crippen LogP contribution in [0.1, 0.15) is 18.5 Å². The summed E-state index contributed by atoms with van der Waals surface area (Å²) in [4.78, 5) is 14.0. The van der Waals surface area contributed by atoms with Gasteiger partial charge >= 0.3 is 5.97 Å². The molecule has 0 aromatic heterocycles. The van der Waals surface area contributed by atoms with Gasteiger partial charge in [0.1, 0.15) is 11.9 Å². The van der Waals surface area contributed by atoms with Gasteiger partial charge < -0.3 is 9.64 Å². The Kier molecular flexibility index (Phi) is 7.12. The molecule has 1 atom stereocenters. The molecule has 4 nitrogen and oxygen atoms in total. The molecule has 1 aromatic rings. The number of hydrogen-bond donors (Lipinski definition) is 1. The van der Waals surface area contributed by atoms with Crippen LogP contribution in [0.4, 0.5) is 4.39 Å². The Balaban J connectivity index is 2.85. The minimum absolute atomic E-state index is 0.313. The zero-order valence-electron chi connectivity index (χ0n) is 12.0. The molecule has 1 unspecified atom stereocenters. The summed E-state index contributed by atoms with van der Waals surface area (Å²) in [6, 6.07) is 3.93. The van der Waals surface area contributed by atoms with Gasteiger partial charge in [0.15, 0.2) is 0 Å². The molecule has 1 N–H and O–H groups in total. The van der Waals surface area contributed by atoms with E-state index in [1.54, 1.807) is 19.1 Å². The normalized spacial score (nSPS) is 12.5. The third-order valence-corrected chi connectivity index (χ3v) is 3.31. The summed E-state index contributed by atoms with van der Waals surface area (Å²) in [7, 11) is 3.91. The van der Waals surface area contributed by atoms with Crippen molar-refractivity contribution in [2.45, 2.75) is 13.0 Å². The molecule has 0 spiro atoms. The van der Waals surface area contributed by atoms with Gasteiger partial charge in [-0.15, -0.1) is 0 Å². The van der Waals surface area contributed by atoms with E-state index >= 15 is 0 Å². The van der Waals surface area contributed by atoms with Crippen molar-refractivity contribution >= 4 is 21.9 Å². The zero-order chi connectivity index (χ0) is 15.1. The van der Waals surface area contributed by atoms with Crippen molar-refractivity contribution < 1.29 is 13.9 Å². The van der Waals surface area contributed by atoms with Crippen LogP contribution < -0.4 is 5.32 Å². The van der Waals surface area contributed by atoms with Gasteiger partial charge in [-0.2, -0.15) is 0 Å². The van der Waals surface area contributed by atoms with E-state index in [1.165, 1.54) is 6.07 Å². The number of ether oxygens (including phenoxy) is 1. The molecule has 20 heavy (non-hydrogen) atoms. The van der Waals surface area contributed by atoms with Gasteiger partial charge in [-0.25, -0.2) is 9.18 Å². The highest BCUT2D eigenvalue weighted by Crippen LogP contribution is 2.22. The highest BCUT2D eigenvalue weighted by atomic mass is 79.9. The minimum atomic E-state index is -0.591. The van der Waals surface area contributed by atoms with Crippen LogP contribution in [0.15, 0.2) is 22.7 Å². The second-order valence-corrected chi connectivity index (χ2v) is 5.47. The van der Waals surface area contributed by atoms with Crippen molar-refractivity contribution in [3.05, 3.63) is 34.1 Å². The van der Waals surface area contributed by atoms with Gasteiger partial charge in [-0.05, 0) is 54.6 Å². The first kappa shape index (κ1) is 17.1. The summed E-state index contributed by atoms with van der Waals surface area (Å²) >= 11 is 3.13. The first-order chi connectivity index (χ1) is 9.45. The minimum Gasteiger partial charge on any atom is -0.465 e. The van der Waals surface area contributed by atoms with E-state index in [2.05, 4.69) is 21.2 Å². The first-order valence-corrected chi connectivity index (χ1v) is 7.24. The molecule has 0 fully saturated rings. The smallest absolute Gasteiger partial charge is 0.327 e. The number of rotatable bonds is 7. The second-order valence-electron chi connectivity index (χ2n) is 4.62. The molecule has 0 bridgehead atoms. The molecule has 0 aliphatic rings. The molecule has 112 valence electrons. The second kappa shape index (κ2) is 8.34. The standard InChI is InChI=1S/C14H20BrFN2O2/c1-4-20-14(19)13(17-7-8-18(2)3)10-5-6-12(16)11(15)9-10/h5-6,9,13,17H,4,7-8H2,1-3H3. The third kappa shape index (κ3) is 5.19. The summed E-state index contributed by atoms with van der Waals surface area (Å²) in [6.07, 6.45) is 0. The Morgan fingerprint density at radius 3 is 2.75 bits per heavy atom. The molecule has 0 aliphatic carbocycles. The molecule has 1 rings (SSSR count). The monoisotopic (exact) mass is 346 g/mol. The molecule has 0 saturated heterocycles. The van der Waals surface area contributed by atoms with Gasteiger partial charge in [0.2, 0.25) is 0 Å². The predicted molar refractivity (Wildman–Crippen MR) is 80.0 cm³/mol. The van der Waals surface area contributed by atoms with E-state index in [1.807, 2.05) is 19.0 Å². The van der Waals surface area contributed by atoms with Crippen LogP contribution in [0.3, 0.4) is 0 Å².